The highest BCUT2D eigenvalue weighted by atomic mass is 16.5. The summed E-state index contributed by atoms with van der Waals surface area (Å²) in [7, 11) is 0. The second-order valence-electron chi connectivity index (χ2n) is 5.90. The molecule has 1 N–H and O–H groups in total. The molecule has 0 bridgehead atoms. The van der Waals surface area contributed by atoms with Gasteiger partial charge in [-0.25, -0.2) is 0 Å². The molecule has 1 saturated carbocycles. The number of nitrogens with one attached hydrogen (secondary N) is 1. The average Bonchev–Trinajstić information content (AvgIpc) is 3.23. The third-order valence-corrected chi connectivity index (χ3v) is 4.12. The maximum atomic E-state index is 5.71. The minimum Gasteiger partial charge on any atom is -0.380 e. The topological polar surface area (TPSA) is 24.5 Å². The predicted octanol–water partition coefficient (Wildman–Crippen LogP) is 2.27. The van der Waals surface area contributed by atoms with Crippen molar-refractivity contribution in [3.63, 3.8) is 0 Å². The van der Waals surface area contributed by atoms with E-state index in [1.54, 1.807) is 0 Å². The first-order chi connectivity index (χ1) is 8.90. The van der Waals surface area contributed by atoms with Gasteiger partial charge in [-0.1, -0.05) is 13.3 Å². The molecule has 0 aromatic carbocycles. The Morgan fingerprint density at radius 1 is 1.22 bits per heavy atom. The van der Waals surface area contributed by atoms with Crippen molar-refractivity contribution < 1.29 is 4.74 Å². The van der Waals surface area contributed by atoms with Crippen LogP contribution in [0.1, 0.15) is 45.4 Å². The van der Waals surface area contributed by atoms with Crippen LogP contribution in [0.2, 0.25) is 0 Å². The minimum atomic E-state index is 0.870. The Morgan fingerprint density at radius 2 is 2.11 bits per heavy atom. The Hall–Kier alpha value is -0.120. The third-order valence-electron chi connectivity index (χ3n) is 4.12. The fourth-order valence-electron chi connectivity index (χ4n) is 2.80. The first-order valence-corrected chi connectivity index (χ1v) is 7.92. The zero-order valence-electron chi connectivity index (χ0n) is 12.0. The molecule has 1 aliphatic heterocycles. The van der Waals surface area contributed by atoms with E-state index < -0.39 is 0 Å². The van der Waals surface area contributed by atoms with E-state index in [0.29, 0.717) is 0 Å². The van der Waals surface area contributed by atoms with E-state index >= 15 is 0 Å². The maximum Gasteiger partial charge on any atom is 0.0593 e. The van der Waals surface area contributed by atoms with Gasteiger partial charge in [0, 0.05) is 25.7 Å². The van der Waals surface area contributed by atoms with E-state index in [0.717, 1.165) is 31.7 Å². The largest absolute Gasteiger partial charge is 0.380 e. The van der Waals surface area contributed by atoms with Crippen molar-refractivity contribution >= 4 is 0 Å². The molecule has 3 nitrogen and oxygen atoms in total. The van der Waals surface area contributed by atoms with Gasteiger partial charge in [-0.3, -0.25) is 4.90 Å². The number of hydrogen-bond donors (Lipinski definition) is 1. The molecule has 106 valence electrons. The number of nitrogens with zero attached hydrogens (tertiary/aromatic N) is 1. The molecule has 0 spiro atoms. The number of unbranched alkanes of at least 4 members (excludes halogenated alkanes) is 1. The summed E-state index contributed by atoms with van der Waals surface area (Å²) < 4.78 is 5.71. The lowest BCUT2D eigenvalue weighted by molar-refractivity contribution is 0.0901. The van der Waals surface area contributed by atoms with Crippen LogP contribution in [0.5, 0.6) is 0 Å². The van der Waals surface area contributed by atoms with Crippen molar-refractivity contribution in [2.45, 2.75) is 51.5 Å². The van der Waals surface area contributed by atoms with Crippen molar-refractivity contribution in [1.29, 1.82) is 0 Å². The third kappa shape index (κ3) is 5.25. The Kier molecular flexibility index (Phi) is 6.46. The van der Waals surface area contributed by atoms with E-state index in [1.807, 2.05) is 0 Å². The molecular weight excluding hydrogens is 224 g/mol. The Morgan fingerprint density at radius 3 is 2.78 bits per heavy atom. The van der Waals surface area contributed by atoms with Crippen LogP contribution in [0.25, 0.3) is 0 Å². The number of piperidine rings is 1. The average molecular weight is 254 g/mol. The highest BCUT2D eigenvalue weighted by molar-refractivity contribution is 4.86. The summed E-state index contributed by atoms with van der Waals surface area (Å²) in [6.07, 6.45) is 8.03. The van der Waals surface area contributed by atoms with Gasteiger partial charge in [0.1, 0.15) is 0 Å². The van der Waals surface area contributed by atoms with E-state index in [-0.39, 0.29) is 0 Å². The van der Waals surface area contributed by atoms with E-state index in [4.69, 9.17) is 4.74 Å². The summed E-state index contributed by atoms with van der Waals surface area (Å²) in [6.45, 7) is 8.96. The van der Waals surface area contributed by atoms with Crippen LogP contribution in [0.15, 0.2) is 0 Å². The Labute approximate surface area is 112 Å². The molecule has 1 saturated heterocycles. The minimum absolute atomic E-state index is 0.870. The second-order valence-corrected chi connectivity index (χ2v) is 5.90. The van der Waals surface area contributed by atoms with E-state index in [1.165, 1.54) is 58.2 Å². The fraction of sp³-hybridized carbons (Fsp3) is 1.00. The van der Waals surface area contributed by atoms with Crippen molar-refractivity contribution in [1.82, 2.24) is 10.2 Å². The Bertz CT molecular complexity index is 213. The molecule has 0 amide bonds. The molecule has 3 heteroatoms. The molecule has 0 radical (unpaired) electrons. The Balaban J connectivity index is 1.61. The van der Waals surface area contributed by atoms with E-state index in [2.05, 4.69) is 17.1 Å². The predicted molar refractivity (Wildman–Crippen MR) is 75.9 cm³/mol. The van der Waals surface area contributed by atoms with Gasteiger partial charge in [-0.2, -0.15) is 0 Å². The molecule has 1 unspecified atom stereocenters. The van der Waals surface area contributed by atoms with Crippen LogP contribution >= 0.6 is 0 Å². The zero-order valence-corrected chi connectivity index (χ0v) is 12.0. The summed E-state index contributed by atoms with van der Waals surface area (Å²) in [4.78, 5) is 2.68. The summed E-state index contributed by atoms with van der Waals surface area (Å²) >= 11 is 0. The molecule has 1 atom stereocenters. The molecular formula is C15H30N2O. The van der Waals surface area contributed by atoms with Crippen LogP contribution in [-0.2, 0) is 4.74 Å². The normalized spacial score (nSPS) is 24.7. The van der Waals surface area contributed by atoms with Crippen LogP contribution in [0.3, 0.4) is 0 Å². The molecule has 2 aliphatic rings. The summed E-state index contributed by atoms with van der Waals surface area (Å²) in [6, 6.07) is 0.877. The number of hydrogen-bond acceptors (Lipinski definition) is 3. The standard InChI is InChI=1S/C15H30N2O/c1-2-3-10-18-11-9-17(15-6-7-15)13-14-5-4-8-16-12-14/h14-16H,2-13H2,1H3. The monoisotopic (exact) mass is 254 g/mol. The molecule has 2 fully saturated rings. The summed E-state index contributed by atoms with van der Waals surface area (Å²) in [5, 5.41) is 3.53. The van der Waals surface area contributed by atoms with Crippen molar-refractivity contribution in [3.8, 4) is 0 Å². The smallest absolute Gasteiger partial charge is 0.0593 e. The molecule has 0 aromatic rings. The van der Waals surface area contributed by atoms with Gasteiger partial charge in [0.15, 0.2) is 0 Å². The van der Waals surface area contributed by atoms with Crippen molar-refractivity contribution in [2.75, 3.05) is 39.4 Å². The molecule has 2 rings (SSSR count). The zero-order chi connectivity index (χ0) is 12.6. The number of rotatable bonds is 9. The van der Waals surface area contributed by atoms with Crippen molar-refractivity contribution in [2.24, 2.45) is 5.92 Å². The van der Waals surface area contributed by atoms with Gasteiger partial charge in [0.25, 0.3) is 0 Å². The fourth-order valence-corrected chi connectivity index (χ4v) is 2.80. The molecule has 18 heavy (non-hydrogen) atoms. The summed E-state index contributed by atoms with van der Waals surface area (Å²) in [5.74, 6) is 0.870. The van der Waals surface area contributed by atoms with Crippen molar-refractivity contribution in [3.05, 3.63) is 0 Å². The van der Waals surface area contributed by atoms with Crippen LogP contribution in [0, 0.1) is 5.92 Å². The van der Waals surface area contributed by atoms with Gasteiger partial charge in [-0.15, -0.1) is 0 Å². The first-order valence-electron chi connectivity index (χ1n) is 7.92. The van der Waals surface area contributed by atoms with Crippen LogP contribution in [-0.4, -0.2) is 50.3 Å². The second kappa shape index (κ2) is 8.13. The highest BCUT2D eigenvalue weighted by Crippen LogP contribution is 2.28. The van der Waals surface area contributed by atoms with Gasteiger partial charge in [-0.05, 0) is 51.1 Å². The van der Waals surface area contributed by atoms with Crippen LogP contribution < -0.4 is 5.32 Å². The molecule has 1 heterocycles. The maximum absolute atomic E-state index is 5.71. The molecule has 0 aromatic heterocycles. The van der Waals surface area contributed by atoms with Gasteiger partial charge >= 0.3 is 0 Å². The summed E-state index contributed by atoms with van der Waals surface area (Å²) in [5.41, 5.74) is 0. The van der Waals surface area contributed by atoms with Gasteiger partial charge in [0.2, 0.25) is 0 Å². The lowest BCUT2D eigenvalue weighted by Gasteiger charge is -2.30. The van der Waals surface area contributed by atoms with E-state index in [9.17, 15) is 0 Å². The number of ether oxygens (including phenoxy) is 1. The SMILES string of the molecule is CCCCOCCN(CC1CCCNC1)C1CC1. The van der Waals surface area contributed by atoms with Gasteiger partial charge in [0.05, 0.1) is 6.61 Å². The molecule has 1 aliphatic carbocycles. The van der Waals surface area contributed by atoms with Gasteiger partial charge < -0.3 is 10.1 Å². The lowest BCUT2D eigenvalue weighted by atomic mass is 9.99. The van der Waals surface area contributed by atoms with Crippen LogP contribution in [0.4, 0.5) is 0 Å². The quantitative estimate of drug-likeness (QED) is 0.639. The highest BCUT2D eigenvalue weighted by Gasteiger charge is 2.30. The lowest BCUT2D eigenvalue weighted by Crippen LogP contribution is -2.40. The first kappa shape index (κ1) is 14.3.